The topological polar surface area (TPSA) is 51.2 Å². The Kier molecular flexibility index (Phi) is 4.60. The van der Waals surface area contributed by atoms with E-state index in [0.29, 0.717) is 12.2 Å². The maximum atomic E-state index is 11.3. The fourth-order valence-corrected chi connectivity index (χ4v) is 1.09. The average Bonchev–Trinajstić information content (AvgIpc) is 2.27. The molecule has 1 rings (SSSR count). The fraction of sp³-hybridized carbons (Fsp3) is 0.455. The highest BCUT2D eigenvalue weighted by molar-refractivity contribution is 5.89. The highest BCUT2D eigenvalue weighted by Gasteiger charge is 2.05. The van der Waals surface area contributed by atoms with Crippen LogP contribution in [0.4, 0.5) is 5.82 Å². The minimum atomic E-state index is -0.327. The molecule has 0 aromatic carbocycles. The van der Waals surface area contributed by atoms with E-state index in [1.165, 1.54) is 6.20 Å². The van der Waals surface area contributed by atoms with E-state index in [2.05, 4.69) is 17.2 Å². The lowest BCUT2D eigenvalue weighted by molar-refractivity contribution is 0.0526. The van der Waals surface area contributed by atoms with E-state index in [-0.39, 0.29) is 5.97 Å². The quantitative estimate of drug-likeness (QED) is 0.753. The first-order chi connectivity index (χ1) is 7.27. The maximum absolute atomic E-state index is 11.3. The lowest BCUT2D eigenvalue weighted by Gasteiger charge is -2.04. The molecule has 0 atom stereocenters. The first-order valence-corrected chi connectivity index (χ1v) is 5.15. The third kappa shape index (κ3) is 3.58. The number of anilines is 1. The number of pyridine rings is 1. The minimum Gasteiger partial charge on any atom is -0.462 e. The normalized spacial score (nSPS) is 9.73. The molecule has 0 saturated heterocycles. The fourth-order valence-electron chi connectivity index (χ4n) is 1.09. The van der Waals surface area contributed by atoms with Crippen molar-refractivity contribution in [2.24, 2.45) is 0 Å². The summed E-state index contributed by atoms with van der Waals surface area (Å²) in [5.41, 5.74) is 0.485. The van der Waals surface area contributed by atoms with E-state index < -0.39 is 0 Å². The SMILES string of the molecule is CCCNc1ccc(C(=O)OCC)cn1. The van der Waals surface area contributed by atoms with Gasteiger partial charge in [-0.25, -0.2) is 9.78 Å². The summed E-state index contributed by atoms with van der Waals surface area (Å²) < 4.78 is 4.85. The predicted octanol–water partition coefficient (Wildman–Crippen LogP) is 2.08. The molecule has 0 amide bonds. The van der Waals surface area contributed by atoms with Crippen LogP contribution in [0.3, 0.4) is 0 Å². The van der Waals surface area contributed by atoms with Crippen LogP contribution in [-0.2, 0) is 4.74 Å². The smallest absolute Gasteiger partial charge is 0.339 e. The van der Waals surface area contributed by atoms with Crippen LogP contribution < -0.4 is 5.32 Å². The van der Waals surface area contributed by atoms with Crippen molar-refractivity contribution in [2.45, 2.75) is 20.3 Å². The molecule has 1 aromatic heterocycles. The van der Waals surface area contributed by atoms with Gasteiger partial charge in [-0.05, 0) is 25.5 Å². The first-order valence-electron chi connectivity index (χ1n) is 5.15. The van der Waals surface area contributed by atoms with Gasteiger partial charge in [-0.15, -0.1) is 0 Å². The summed E-state index contributed by atoms with van der Waals surface area (Å²) in [7, 11) is 0. The van der Waals surface area contributed by atoms with Gasteiger partial charge < -0.3 is 10.1 Å². The second-order valence-corrected chi connectivity index (χ2v) is 3.08. The molecule has 0 saturated carbocycles. The molecule has 0 fully saturated rings. The number of hydrogen-bond acceptors (Lipinski definition) is 4. The van der Waals surface area contributed by atoms with Gasteiger partial charge in [0, 0.05) is 12.7 Å². The van der Waals surface area contributed by atoms with Crippen molar-refractivity contribution in [3.05, 3.63) is 23.9 Å². The number of nitrogens with zero attached hydrogens (tertiary/aromatic N) is 1. The Hall–Kier alpha value is -1.58. The van der Waals surface area contributed by atoms with E-state index in [9.17, 15) is 4.79 Å². The van der Waals surface area contributed by atoms with Gasteiger partial charge in [0.05, 0.1) is 12.2 Å². The third-order valence-electron chi connectivity index (χ3n) is 1.83. The maximum Gasteiger partial charge on any atom is 0.339 e. The monoisotopic (exact) mass is 208 g/mol. The first kappa shape index (κ1) is 11.5. The molecule has 1 aromatic rings. The molecule has 0 spiro atoms. The number of rotatable bonds is 5. The largest absolute Gasteiger partial charge is 0.462 e. The zero-order valence-corrected chi connectivity index (χ0v) is 9.12. The highest BCUT2D eigenvalue weighted by Crippen LogP contribution is 2.06. The minimum absolute atomic E-state index is 0.327. The van der Waals surface area contributed by atoms with Gasteiger partial charge in [0.1, 0.15) is 5.82 Å². The van der Waals surface area contributed by atoms with Crippen LogP contribution >= 0.6 is 0 Å². The Labute approximate surface area is 89.7 Å². The zero-order chi connectivity index (χ0) is 11.1. The van der Waals surface area contributed by atoms with Crippen LogP contribution in [-0.4, -0.2) is 24.1 Å². The van der Waals surface area contributed by atoms with Gasteiger partial charge in [0.15, 0.2) is 0 Å². The van der Waals surface area contributed by atoms with Crippen molar-refractivity contribution in [1.29, 1.82) is 0 Å². The summed E-state index contributed by atoms with van der Waals surface area (Å²) in [5, 5.41) is 3.13. The Morgan fingerprint density at radius 3 is 2.80 bits per heavy atom. The predicted molar refractivity (Wildman–Crippen MR) is 59.0 cm³/mol. The van der Waals surface area contributed by atoms with Crippen molar-refractivity contribution >= 4 is 11.8 Å². The molecule has 15 heavy (non-hydrogen) atoms. The molecule has 4 nitrogen and oxygen atoms in total. The lowest BCUT2D eigenvalue weighted by Crippen LogP contribution is -2.06. The molecular formula is C11H16N2O2. The van der Waals surface area contributed by atoms with Crippen LogP contribution in [0.5, 0.6) is 0 Å². The molecular weight excluding hydrogens is 192 g/mol. The summed E-state index contributed by atoms with van der Waals surface area (Å²) in [6.45, 7) is 5.13. The standard InChI is InChI=1S/C11H16N2O2/c1-3-7-12-10-6-5-9(8-13-10)11(14)15-4-2/h5-6,8H,3-4,7H2,1-2H3,(H,12,13). The molecule has 0 radical (unpaired) electrons. The molecule has 0 aliphatic rings. The van der Waals surface area contributed by atoms with E-state index >= 15 is 0 Å². The van der Waals surface area contributed by atoms with Gasteiger partial charge in [-0.3, -0.25) is 0 Å². The molecule has 0 bridgehead atoms. The molecule has 0 aliphatic carbocycles. The second kappa shape index (κ2) is 6.01. The zero-order valence-electron chi connectivity index (χ0n) is 9.12. The van der Waals surface area contributed by atoms with E-state index in [0.717, 1.165) is 18.8 Å². The number of esters is 1. The Bertz CT molecular complexity index is 309. The van der Waals surface area contributed by atoms with Gasteiger partial charge in [-0.2, -0.15) is 0 Å². The van der Waals surface area contributed by atoms with Gasteiger partial charge in [-0.1, -0.05) is 6.92 Å². The van der Waals surface area contributed by atoms with E-state index in [1.54, 1.807) is 19.1 Å². The number of ether oxygens (including phenoxy) is 1. The Balaban J connectivity index is 2.59. The molecule has 4 heteroatoms. The summed E-state index contributed by atoms with van der Waals surface area (Å²) in [4.78, 5) is 15.4. The molecule has 82 valence electrons. The van der Waals surface area contributed by atoms with E-state index in [1.807, 2.05) is 0 Å². The average molecular weight is 208 g/mol. The number of carbonyl (C=O) groups excluding carboxylic acids is 1. The van der Waals surface area contributed by atoms with Crippen molar-refractivity contribution in [1.82, 2.24) is 4.98 Å². The summed E-state index contributed by atoms with van der Waals surface area (Å²) >= 11 is 0. The molecule has 0 unspecified atom stereocenters. The Morgan fingerprint density at radius 2 is 2.27 bits per heavy atom. The summed E-state index contributed by atoms with van der Waals surface area (Å²) in [5.74, 6) is 0.455. The molecule has 1 N–H and O–H groups in total. The second-order valence-electron chi connectivity index (χ2n) is 3.08. The number of carbonyl (C=O) groups is 1. The summed E-state index contributed by atoms with van der Waals surface area (Å²) in [6.07, 6.45) is 2.57. The lowest BCUT2D eigenvalue weighted by atomic mass is 10.3. The number of nitrogens with one attached hydrogen (secondary N) is 1. The van der Waals surface area contributed by atoms with Crippen molar-refractivity contribution in [3.8, 4) is 0 Å². The van der Waals surface area contributed by atoms with Crippen LogP contribution in [0.1, 0.15) is 30.6 Å². The van der Waals surface area contributed by atoms with Gasteiger partial charge >= 0.3 is 5.97 Å². The van der Waals surface area contributed by atoms with Crippen LogP contribution in [0.15, 0.2) is 18.3 Å². The summed E-state index contributed by atoms with van der Waals surface area (Å²) in [6, 6.07) is 3.49. The van der Waals surface area contributed by atoms with Gasteiger partial charge in [0.25, 0.3) is 0 Å². The third-order valence-corrected chi connectivity index (χ3v) is 1.83. The number of hydrogen-bond donors (Lipinski definition) is 1. The Morgan fingerprint density at radius 1 is 1.47 bits per heavy atom. The van der Waals surface area contributed by atoms with Gasteiger partial charge in [0.2, 0.25) is 0 Å². The van der Waals surface area contributed by atoms with Crippen LogP contribution in [0.2, 0.25) is 0 Å². The van der Waals surface area contributed by atoms with Crippen LogP contribution in [0.25, 0.3) is 0 Å². The van der Waals surface area contributed by atoms with Crippen LogP contribution in [0, 0.1) is 0 Å². The highest BCUT2D eigenvalue weighted by atomic mass is 16.5. The van der Waals surface area contributed by atoms with Crippen molar-refractivity contribution in [2.75, 3.05) is 18.5 Å². The number of aromatic nitrogens is 1. The van der Waals surface area contributed by atoms with Crippen molar-refractivity contribution < 1.29 is 9.53 Å². The molecule has 1 heterocycles. The molecule has 0 aliphatic heterocycles. The van der Waals surface area contributed by atoms with E-state index in [4.69, 9.17) is 4.74 Å². The van der Waals surface area contributed by atoms with Crippen molar-refractivity contribution in [3.63, 3.8) is 0 Å².